The molecule has 0 spiro atoms. The maximum absolute atomic E-state index is 6.05. The normalized spacial score (nSPS) is 10.6. The smallest absolute Gasteiger partial charge is 0.143 e. The number of ether oxygens (including phenoxy) is 1. The van der Waals surface area contributed by atoms with Gasteiger partial charge in [0.15, 0.2) is 0 Å². The lowest BCUT2D eigenvalue weighted by atomic mass is 10.1. The Morgan fingerprint density at radius 3 is 2.10 bits per heavy atom. The van der Waals surface area contributed by atoms with Gasteiger partial charge in [-0.2, -0.15) is 0 Å². The quantitative estimate of drug-likeness (QED) is 0.697. The average molecular weight is 277 g/mol. The molecule has 2 nitrogen and oxygen atoms in total. The number of benzene rings is 3. The molecule has 3 rings (SSSR count). The topological polar surface area (TPSA) is 12.5 Å². The molecule has 0 saturated carbocycles. The molecule has 0 unspecified atom stereocenters. The average Bonchev–Trinajstić information content (AvgIpc) is 2.53. The van der Waals surface area contributed by atoms with E-state index in [-0.39, 0.29) is 0 Å². The molecule has 3 aromatic carbocycles. The van der Waals surface area contributed by atoms with Crippen molar-refractivity contribution in [3.05, 3.63) is 72.3 Å². The number of fused-ring (bicyclic) bond motifs is 1. The lowest BCUT2D eigenvalue weighted by Gasteiger charge is -2.19. The Morgan fingerprint density at radius 1 is 0.810 bits per heavy atom. The third-order valence-corrected chi connectivity index (χ3v) is 3.55. The Bertz CT molecular complexity index is 735. The molecule has 0 N–H and O–H groups in total. The molecule has 21 heavy (non-hydrogen) atoms. The Balaban J connectivity index is 1.94. The van der Waals surface area contributed by atoms with Crippen molar-refractivity contribution in [3.8, 4) is 5.75 Å². The summed E-state index contributed by atoms with van der Waals surface area (Å²) in [6.07, 6.45) is 0. The first kappa shape index (κ1) is 13.5. The minimum atomic E-state index is 0.583. The second-order valence-electron chi connectivity index (χ2n) is 5.34. The van der Waals surface area contributed by atoms with Crippen LogP contribution in [-0.4, -0.2) is 14.1 Å². The van der Waals surface area contributed by atoms with E-state index in [1.807, 2.05) is 32.3 Å². The first-order valence-electron chi connectivity index (χ1n) is 7.11. The van der Waals surface area contributed by atoms with Gasteiger partial charge in [0.2, 0.25) is 0 Å². The predicted octanol–water partition coefficient (Wildman–Crippen LogP) is 4.48. The van der Waals surface area contributed by atoms with Gasteiger partial charge < -0.3 is 9.64 Å². The summed E-state index contributed by atoms with van der Waals surface area (Å²) in [5, 5.41) is 2.43. The lowest BCUT2D eigenvalue weighted by Crippen LogP contribution is -2.10. The molecule has 0 heterocycles. The molecule has 0 amide bonds. The summed E-state index contributed by atoms with van der Waals surface area (Å²) in [6.45, 7) is 0.583. The monoisotopic (exact) mass is 277 g/mol. The largest absolute Gasteiger partial charge is 0.487 e. The Morgan fingerprint density at radius 2 is 1.43 bits per heavy atom. The van der Waals surface area contributed by atoms with Crippen molar-refractivity contribution in [2.75, 3.05) is 19.0 Å². The highest BCUT2D eigenvalue weighted by Crippen LogP contribution is 2.32. The highest BCUT2D eigenvalue weighted by atomic mass is 16.5. The lowest BCUT2D eigenvalue weighted by molar-refractivity contribution is 0.307. The van der Waals surface area contributed by atoms with E-state index in [0.717, 1.165) is 11.4 Å². The predicted molar refractivity (Wildman–Crippen MR) is 89.0 cm³/mol. The molecule has 0 saturated heterocycles. The van der Waals surface area contributed by atoms with E-state index in [2.05, 4.69) is 53.4 Å². The van der Waals surface area contributed by atoms with Crippen LogP contribution in [0.15, 0.2) is 66.7 Å². The molecular formula is C19H19NO. The molecule has 0 bridgehead atoms. The number of nitrogens with zero attached hydrogens (tertiary/aromatic N) is 1. The van der Waals surface area contributed by atoms with E-state index in [1.165, 1.54) is 16.3 Å². The van der Waals surface area contributed by atoms with Crippen molar-refractivity contribution >= 4 is 16.5 Å². The molecular weight excluding hydrogens is 258 g/mol. The molecule has 3 aromatic rings. The Labute approximate surface area is 125 Å². The van der Waals surface area contributed by atoms with E-state index in [1.54, 1.807) is 0 Å². The molecule has 0 aliphatic rings. The van der Waals surface area contributed by atoms with Gasteiger partial charge in [-0.1, -0.05) is 54.6 Å². The first-order valence-corrected chi connectivity index (χ1v) is 7.11. The molecule has 0 aliphatic carbocycles. The summed E-state index contributed by atoms with van der Waals surface area (Å²) in [4.78, 5) is 2.09. The SMILES string of the molecule is CN(C)c1cc2ccccc2cc1OCc1ccccc1. The van der Waals surface area contributed by atoms with Crippen LogP contribution in [0.25, 0.3) is 10.8 Å². The fourth-order valence-electron chi connectivity index (χ4n) is 2.41. The van der Waals surface area contributed by atoms with Crippen molar-refractivity contribution in [2.45, 2.75) is 6.61 Å². The van der Waals surface area contributed by atoms with Crippen LogP contribution in [0.4, 0.5) is 5.69 Å². The van der Waals surface area contributed by atoms with Crippen LogP contribution >= 0.6 is 0 Å². The third kappa shape index (κ3) is 3.00. The van der Waals surface area contributed by atoms with Crippen LogP contribution in [0.2, 0.25) is 0 Å². The summed E-state index contributed by atoms with van der Waals surface area (Å²) in [5.74, 6) is 0.919. The van der Waals surface area contributed by atoms with Crippen molar-refractivity contribution in [2.24, 2.45) is 0 Å². The third-order valence-electron chi connectivity index (χ3n) is 3.55. The number of hydrogen-bond donors (Lipinski definition) is 0. The standard InChI is InChI=1S/C19H19NO/c1-20(2)18-12-16-10-6-7-11-17(16)13-19(18)21-14-15-8-4-3-5-9-15/h3-13H,14H2,1-2H3. The minimum Gasteiger partial charge on any atom is -0.487 e. The molecule has 0 fully saturated rings. The molecule has 2 heteroatoms. The van der Waals surface area contributed by atoms with Gasteiger partial charge in [-0.3, -0.25) is 0 Å². The van der Waals surface area contributed by atoms with Crippen LogP contribution in [0.5, 0.6) is 5.75 Å². The van der Waals surface area contributed by atoms with Crippen molar-refractivity contribution < 1.29 is 4.74 Å². The Kier molecular flexibility index (Phi) is 3.78. The van der Waals surface area contributed by atoms with E-state index >= 15 is 0 Å². The van der Waals surface area contributed by atoms with E-state index in [0.29, 0.717) is 6.61 Å². The van der Waals surface area contributed by atoms with Gasteiger partial charge in [-0.25, -0.2) is 0 Å². The molecule has 106 valence electrons. The van der Waals surface area contributed by atoms with Gasteiger partial charge >= 0.3 is 0 Å². The number of hydrogen-bond acceptors (Lipinski definition) is 2. The number of anilines is 1. The summed E-state index contributed by atoms with van der Waals surface area (Å²) < 4.78 is 6.05. The van der Waals surface area contributed by atoms with Crippen LogP contribution in [0.3, 0.4) is 0 Å². The first-order chi connectivity index (χ1) is 10.2. The second-order valence-corrected chi connectivity index (χ2v) is 5.34. The van der Waals surface area contributed by atoms with Crippen molar-refractivity contribution in [1.82, 2.24) is 0 Å². The van der Waals surface area contributed by atoms with Gasteiger partial charge in [0, 0.05) is 14.1 Å². The van der Waals surface area contributed by atoms with Gasteiger partial charge in [-0.15, -0.1) is 0 Å². The maximum Gasteiger partial charge on any atom is 0.143 e. The zero-order valence-corrected chi connectivity index (χ0v) is 12.4. The fourth-order valence-corrected chi connectivity index (χ4v) is 2.41. The van der Waals surface area contributed by atoms with Gasteiger partial charge in [0.05, 0.1) is 5.69 Å². The maximum atomic E-state index is 6.05. The summed E-state index contributed by atoms with van der Waals surface area (Å²) in [6, 6.07) is 22.9. The van der Waals surface area contributed by atoms with Crippen molar-refractivity contribution in [1.29, 1.82) is 0 Å². The van der Waals surface area contributed by atoms with E-state index in [9.17, 15) is 0 Å². The van der Waals surface area contributed by atoms with Crippen LogP contribution in [0.1, 0.15) is 5.56 Å². The number of rotatable bonds is 4. The van der Waals surface area contributed by atoms with Crippen molar-refractivity contribution in [3.63, 3.8) is 0 Å². The zero-order chi connectivity index (χ0) is 14.7. The molecule has 0 aliphatic heterocycles. The molecule has 0 aromatic heterocycles. The van der Waals surface area contributed by atoms with Gasteiger partial charge in [-0.05, 0) is 28.5 Å². The summed E-state index contributed by atoms with van der Waals surface area (Å²) >= 11 is 0. The summed E-state index contributed by atoms with van der Waals surface area (Å²) in [5.41, 5.74) is 2.28. The highest BCUT2D eigenvalue weighted by Gasteiger charge is 2.08. The van der Waals surface area contributed by atoms with Gasteiger partial charge in [0.25, 0.3) is 0 Å². The molecule has 0 radical (unpaired) electrons. The van der Waals surface area contributed by atoms with Gasteiger partial charge in [0.1, 0.15) is 12.4 Å². The van der Waals surface area contributed by atoms with Crippen LogP contribution < -0.4 is 9.64 Å². The highest BCUT2D eigenvalue weighted by molar-refractivity contribution is 5.88. The fraction of sp³-hybridized carbons (Fsp3) is 0.158. The summed E-state index contributed by atoms with van der Waals surface area (Å²) in [7, 11) is 4.08. The Hall–Kier alpha value is -2.48. The minimum absolute atomic E-state index is 0.583. The van der Waals surface area contributed by atoms with Crippen LogP contribution in [-0.2, 0) is 6.61 Å². The van der Waals surface area contributed by atoms with E-state index in [4.69, 9.17) is 4.74 Å². The van der Waals surface area contributed by atoms with Crippen LogP contribution in [0, 0.1) is 0 Å². The zero-order valence-electron chi connectivity index (χ0n) is 12.4. The van der Waals surface area contributed by atoms with E-state index < -0.39 is 0 Å². The molecule has 0 atom stereocenters. The second kappa shape index (κ2) is 5.88.